The fraction of sp³-hybridized carbons (Fsp3) is 0.154. The Bertz CT molecular complexity index is 657. The van der Waals surface area contributed by atoms with E-state index in [1.165, 1.54) is 30.3 Å². The first kappa shape index (κ1) is 14.4. The summed E-state index contributed by atoms with van der Waals surface area (Å²) in [6.45, 7) is 2.24. The van der Waals surface area contributed by atoms with Crippen molar-refractivity contribution in [2.75, 3.05) is 11.9 Å². The number of nitro groups is 1. The molecule has 1 amide bonds. The van der Waals surface area contributed by atoms with Crippen LogP contribution in [0.15, 0.2) is 36.4 Å². The van der Waals surface area contributed by atoms with Crippen molar-refractivity contribution in [3.63, 3.8) is 0 Å². The summed E-state index contributed by atoms with van der Waals surface area (Å²) in [5, 5.41) is 20.7. The van der Waals surface area contributed by atoms with E-state index in [2.05, 4.69) is 15.5 Å². The van der Waals surface area contributed by atoms with Crippen molar-refractivity contribution in [1.82, 2.24) is 10.2 Å². The first-order chi connectivity index (χ1) is 10.1. The van der Waals surface area contributed by atoms with Crippen molar-refractivity contribution in [2.24, 2.45) is 0 Å². The number of benzene rings is 1. The van der Waals surface area contributed by atoms with Gasteiger partial charge in [0.2, 0.25) is 5.88 Å². The number of anilines is 1. The lowest BCUT2D eigenvalue weighted by molar-refractivity contribution is -0.383. The SMILES string of the molecule is CCOc1ccc(C(=O)Nc2ccccc2[N+](=O)[O-])nn1. The van der Waals surface area contributed by atoms with Crippen LogP contribution in [0, 0.1) is 10.1 Å². The Kier molecular flexibility index (Phi) is 4.39. The maximum Gasteiger partial charge on any atom is 0.292 e. The normalized spacial score (nSPS) is 9.95. The standard InChI is InChI=1S/C13H12N4O4/c1-2-21-12-8-7-10(15-16-12)13(18)14-9-5-3-4-6-11(9)17(19)20/h3-8H,2H2,1H3,(H,14,18). The topological polar surface area (TPSA) is 107 Å². The molecule has 0 fully saturated rings. The number of nitro benzene ring substituents is 1. The lowest BCUT2D eigenvalue weighted by Gasteiger charge is -2.05. The zero-order valence-electron chi connectivity index (χ0n) is 11.1. The van der Waals surface area contributed by atoms with E-state index in [0.29, 0.717) is 12.5 Å². The summed E-state index contributed by atoms with van der Waals surface area (Å²) in [6, 6.07) is 8.79. The minimum absolute atomic E-state index is 0.0385. The Balaban J connectivity index is 2.16. The molecule has 0 aliphatic carbocycles. The molecule has 21 heavy (non-hydrogen) atoms. The van der Waals surface area contributed by atoms with Gasteiger partial charge in [-0.05, 0) is 19.1 Å². The van der Waals surface area contributed by atoms with Gasteiger partial charge in [-0.3, -0.25) is 14.9 Å². The van der Waals surface area contributed by atoms with Gasteiger partial charge in [0.25, 0.3) is 11.6 Å². The molecule has 1 aromatic carbocycles. The predicted octanol–water partition coefficient (Wildman–Crippen LogP) is 2.04. The van der Waals surface area contributed by atoms with Crippen LogP contribution >= 0.6 is 0 Å². The first-order valence-electron chi connectivity index (χ1n) is 6.13. The van der Waals surface area contributed by atoms with E-state index in [0.717, 1.165) is 0 Å². The van der Waals surface area contributed by atoms with Gasteiger partial charge >= 0.3 is 0 Å². The largest absolute Gasteiger partial charge is 0.477 e. The van der Waals surface area contributed by atoms with Crippen LogP contribution in [0.5, 0.6) is 5.88 Å². The molecule has 0 aliphatic heterocycles. The highest BCUT2D eigenvalue weighted by Crippen LogP contribution is 2.23. The molecule has 0 unspecified atom stereocenters. The second kappa shape index (κ2) is 6.42. The molecule has 8 nitrogen and oxygen atoms in total. The van der Waals surface area contributed by atoms with Crippen molar-refractivity contribution in [3.8, 4) is 5.88 Å². The molecule has 1 N–H and O–H groups in total. The number of aromatic nitrogens is 2. The van der Waals surface area contributed by atoms with Crippen molar-refractivity contribution in [2.45, 2.75) is 6.92 Å². The number of hydrogen-bond acceptors (Lipinski definition) is 6. The number of ether oxygens (including phenoxy) is 1. The third kappa shape index (κ3) is 3.50. The van der Waals surface area contributed by atoms with E-state index in [9.17, 15) is 14.9 Å². The fourth-order valence-corrected chi connectivity index (χ4v) is 1.59. The summed E-state index contributed by atoms with van der Waals surface area (Å²) in [6.07, 6.45) is 0. The number of nitrogens with one attached hydrogen (secondary N) is 1. The van der Waals surface area contributed by atoms with Gasteiger partial charge in [0.05, 0.1) is 11.5 Å². The molecule has 0 bridgehead atoms. The van der Waals surface area contributed by atoms with Crippen LogP contribution in [0.3, 0.4) is 0 Å². The highest BCUT2D eigenvalue weighted by molar-refractivity contribution is 6.03. The third-order valence-corrected chi connectivity index (χ3v) is 2.51. The molecule has 0 aliphatic rings. The van der Waals surface area contributed by atoms with Crippen LogP contribution in [0.25, 0.3) is 0 Å². The number of carbonyl (C=O) groups excluding carboxylic acids is 1. The fourth-order valence-electron chi connectivity index (χ4n) is 1.59. The molecule has 2 aromatic rings. The maximum atomic E-state index is 12.0. The Morgan fingerprint density at radius 2 is 2.05 bits per heavy atom. The van der Waals surface area contributed by atoms with Crippen LogP contribution in [-0.2, 0) is 0 Å². The van der Waals surface area contributed by atoms with Gasteiger partial charge in [0.1, 0.15) is 5.69 Å². The molecule has 0 radical (unpaired) electrons. The van der Waals surface area contributed by atoms with E-state index in [4.69, 9.17) is 4.74 Å². The molecular formula is C13H12N4O4. The summed E-state index contributed by atoms with van der Waals surface area (Å²) < 4.78 is 5.11. The quantitative estimate of drug-likeness (QED) is 0.666. The van der Waals surface area contributed by atoms with Crippen molar-refractivity contribution in [3.05, 3.63) is 52.2 Å². The molecule has 108 valence electrons. The van der Waals surface area contributed by atoms with Crippen molar-refractivity contribution < 1.29 is 14.5 Å². The van der Waals surface area contributed by atoms with E-state index in [1.54, 1.807) is 13.0 Å². The number of nitrogens with zero attached hydrogens (tertiary/aromatic N) is 3. The zero-order chi connectivity index (χ0) is 15.2. The van der Waals surface area contributed by atoms with Crippen molar-refractivity contribution in [1.29, 1.82) is 0 Å². The van der Waals surface area contributed by atoms with Crippen LogP contribution in [0.1, 0.15) is 17.4 Å². The van der Waals surface area contributed by atoms with Gasteiger partial charge in [-0.15, -0.1) is 10.2 Å². The number of rotatable bonds is 5. The molecule has 0 atom stereocenters. The lowest BCUT2D eigenvalue weighted by atomic mass is 10.2. The molecule has 0 spiro atoms. The van der Waals surface area contributed by atoms with E-state index in [-0.39, 0.29) is 17.1 Å². The van der Waals surface area contributed by atoms with Gasteiger partial charge in [-0.2, -0.15) is 0 Å². The summed E-state index contributed by atoms with van der Waals surface area (Å²) in [5.41, 5.74) is -0.0514. The monoisotopic (exact) mass is 288 g/mol. The Hall–Kier alpha value is -3.03. The number of amides is 1. The van der Waals surface area contributed by atoms with E-state index >= 15 is 0 Å². The molecule has 0 saturated heterocycles. The summed E-state index contributed by atoms with van der Waals surface area (Å²) in [4.78, 5) is 22.3. The van der Waals surface area contributed by atoms with Crippen LogP contribution in [-0.4, -0.2) is 27.6 Å². The van der Waals surface area contributed by atoms with Crippen LogP contribution in [0.2, 0.25) is 0 Å². The molecule has 8 heteroatoms. The highest BCUT2D eigenvalue weighted by Gasteiger charge is 2.16. The van der Waals surface area contributed by atoms with Crippen LogP contribution in [0.4, 0.5) is 11.4 Å². The second-order valence-corrected chi connectivity index (χ2v) is 3.92. The maximum absolute atomic E-state index is 12.0. The highest BCUT2D eigenvalue weighted by atomic mass is 16.6. The third-order valence-electron chi connectivity index (χ3n) is 2.51. The van der Waals surface area contributed by atoms with E-state index < -0.39 is 10.8 Å². The van der Waals surface area contributed by atoms with Crippen molar-refractivity contribution >= 4 is 17.3 Å². The summed E-state index contributed by atoms with van der Waals surface area (Å²) in [7, 11) is 0. The average Bonchev–Trinajstić information content (AvgIpc) is 2.48. The summed E-state index contributed by atoms with van der Waals surface area (Å²) >= 11 is 0. The zero-order valence-corrected chi connectivity index (χ0v) is 11.1. The van der Waals surface area contributed by atoms with Gasteiger partial charge in [0, 0.05) is 12.1 Å². The minimum atomic E-state index is -0.583. The van der Waals surface area contributed by atoms with E-state index in [1.807, 2.05) is 0 Å². The Labute approximate surface area is 119 Å². The Morgan fingerprint density at radius 1 is 1.29 bits per heavy atom. The van der Waals surface area contributed by atoms with Gasteiger partial charge in [-0.25, -0.2) is 0 Å². The minimum Gasteiger partial charge on any atom is -0.477 e. The summed E-state index contributed by atoms with van der Waals surface area (Å²) in [5.74, 6) is -0.278. The average molecular weight is 288 g/mol. The number of para-hydroxylation sites is 2. The second-order valence-electron chi connectivity index (χ2n) is 3.92. The smallest absolute Gasteiger partial charge is 0.292 e. The van der Waals surface area contributed by atoms with Gasteiger partial charge in [0.15, 0.2) is 5.69 Å². The number of carbonyl (C=O) groups is 1. The Morgan fingerprint density at radius 3 is 2.67 bits per heavy atom. The lowest BCUT2D eigenvalue weighted by Crippen LogP contribution is -2.15. The molecule has 1 aromatic heterocycles. The molecule has 1 heterocycles. The van der Waals surface area contributed by atoms with Gasteiger partial charge in [-0.1, -0.05) is 12.1 Å². The molecule has 0 saturated carbocycles. The number of hydrogen-bond donors (Lipinski definition) is 1. The van der Waals surface area contributed by atoms with Gasteiger partial charge < -0.3 is 10.1 Å². The first-order valence-corrected chi connectivity index (χ1v) is 6.13. The predicted molar refractivity (Wildman–Crippen MR) is 74.3 cm³/mol. The molecule has 2 rings (SSSR count). The van der Waals surface area contributed by atoms with Crippen LogP contribution < -0.4 is 10.1 Å². The molecular weight excluding hydrogens is 276 g/mol.